The summed E-state index contributed by atoms with van der Waals surface area (Å²) in [5.74, 6) is 0.437. The van der Waals surface area contributed by atoms with E-state index < -0.39 is 0 Å². The van der Waals surface area contributed by atoms with Crippen molar-refractivity contribution in [1.29, 1.82) is 0 Å². The molecule has 0 saturated carbocycles. The van der Waals surface area contributed by atoms with E-state index in [2.05, 4.69) is 77.2 Å². The highest BCUT2D eigenvalue weighted by Gasteiger charge is 2.21. The summed E-state index contributed by atoms with van der Waals surface area (Å²) in [6.07, 6.45) is 3.43. The van der Waals surface area contributed by atoms with Gasteiger partial charge >= 0.3 is 0 Å². The Balaban J connectivity index is 2.35. The number of phenols is 1. The van der Waals surface area contributed by atoms with E-state index in [4.69, 9.17) is 0 Å². The lowest BCUT2D eigenvalue weighted by Crippen LogP contribution is -2.14. The van der Waals surface area contributed by atoms with Gasteiger partial charge in [0.1, 0.15) is 5.75 Å². The van der Waals surface area contributed by atoms with Crippen LogP contribution >= 0.6 is 0 Å². The lowest BCUT2D eigenvalue weighted by molar-refractivity contribution is 0.440. The summed E-state index contributed by atoms with van der Waals surface area (Å²) in [6, 6.07) is 10.7. The fourth-order valence-electron chi connectivity index (χ4n) is 3.27. The van der Waals surface area contributed by atoms with Gasteiger partial charge in [0.25, 0.3) is 0 Å². The molecule has 0 spiro atoms. The summed E-state index contributed by atoms with van der Waals surface area (Å²) in [5.41, 5.74) is 6.91. The van der Waals surface area contributed by atoms with Crippen LogP contribution in [0.15, 0.2) is 30.3 Å². The molecule has 0 atom stereocenters. The molecule has 0 aliphatic heterocycles. The molecule has 0 amide bonds. The number of nitrogens with one attached hydrogen (secondary N) is 1. The molecule has 0 aliphatic carbocycles. The van der Waals surface area contributed by atoms with Gasteiger partial charge in [-0.2, -0.15) is 0 Å². The molecule has 0 aliphatic rings. The molecule has 2 heteroatoms. The molecule has 0 heterocycles. The fourth-order valence-corrected chi connectivity index (χ4v) is 3.27. The van der Waals surface area contributed by atoms with Crippen molar-refractivity contribution in [3.05, 3.63) is 58.1 Å². The Morgan fingerprint density at radius 3 is 2.24 bits per heavy atom. The number of aromatic hydroxyl groups is 1. The number of hydrogen-bond acceptors (Lipinski definition) is 2. The molecule has 2 nitrogen and oxygen atoms in total. The molecule has 2 aromatic carbocycles. The molecule has 0 unspecified atom stereocenters. The highest BCUT2D eigenvalue weighted by atomic mass is 16.3. The van der Waals surface area contributed by atoms with E-state index in [0.29, 0.717) is 12.3 Å². The number of para-hydroxylation sites is 1. The molecule has 0 aromatic heterocycles. The van der Waals surface area contributed by atoms with Crippen molar-refractivity contribution >= 4 is 5.69 Å². The zero-order valence-corrected chi connectivity index (χ0v) is 16.7. The monoisotopic (exact) mass is 339 g/mol. The molecule has 2 N–H and O–H groups in total. The summed E-state index contributed by atoms with van der Waals surface area (Å²) in [4.78, 5) is 0. The standard InChI is InChI=1S/C23H33NO/c1-7-8-12-18-13-19(22(25)20(14-18)23(4,5)6)15-24-21-16(2)10-9-11-17(21)3/h9-11,13-14,24-25H,7-8,12,15H2,1-6H3. The molecule has 2 aromatic rings. The normalized spacial score (nSPS) is 11.6. The van der Waals surface area contributed by atoms with E-state index in [1.165, 1.54) is 29.5 Å². The second-order valence-corrected chi connectivity index (χ2v) is 8.13. The molecule has 25 heavy (non-hydrogen) atoms. The Kier molecular flexibility index (Phi) is 6.16. The number of anilines is 1. The third-order valence-electron chi connectivity index (χ3n) is 4.81. The summed E-state index contributed by atoms with van der Waals surface area (Å²) in [6.45, 7) is 13.6. The van der Waals surface area contributed by atoms with Gasteiger partial charge in [0.2, 0.25) is 0 Å². The molecule has 0 saturated heterocycles. The molecular weight excluding hydrogens is 306 g/mol. The van der Waals surface area contributed by atoms with E-state index in [1.54, 1.807) is 0 Å². The van der Waals surface area contributed by atoms with Crippen molar-refractivity contribution in [2.24, 2.45) is 0 Å². The molecule has 0 bridgehead atoms. The van der Waals surface area contributed by atoms with E-state index in [9.17, 15) is 5.11 Å². The van der Waals surface area contributed by atoms with E-state index in [1.807, 2.05) is 0 Å². The van der Waals surface area contributed by atoms with Crippen LogP contribution in [-0.2, 0) is 18.4 Å². The number of hydrogen-bond donors (Lipinski definition) is 2. The Hall–Kier alpha value is -1.96. The van der Waals surface area contributed by atoms with Gasteiger partial charge in [0.15, 0.2) is 0 Å². The Morgan fingerprint density at radius 2 is 1.68 bits per heavy atom. The van der Waals surface area contributed by atoms with E-state index >= 15 is 0 Å². The third kappa shape index (κ3) is 4.78. The fraction of sp³-hybridized carbons (Fsp3) is 0.478. The number of rotatable bonds is 6. The minimum atomic E-state index is -0.0698. The van der Waals surface area contributed by atoms with Crippen LogP contribution in [0.2, 0.25) is 0 Å². The van der Waals surface area contributed by atoms with Crippen molar-refractivity contribution < 1.29 is 5.11 Å². The Morgan fingerprint density at radius 1 is 1.04 bits per heavy atom. The van der Waals surface area contributed by atoms with Gasteiger partial charge in [0.05, 0.1) is 0 Å². The first kappa shape index (κ1) is 19.4. The largest absolute Gasteiger partial charge is 0.507 e. The molecule has 0 radical (unpaired) electrons. The van der Waals surface area contributed by atoms with Gasteiger partial charge in [-0.1, -0.05) is 64.4 Å². The van der Waals surface area contributed by atoms with Gasteiger partial charge in [0, 0.05) is 17.8 Å². The van der Waals surface area contributed by atoms with Crippen molar-refractivity contribution in [1.82, 2.24) is 0 Å². The molecule has 136 valence electrons. The maximum Gasteiger partial charge on any atom is 0.124 e. The lowest BCUT2D eigenvalue weighted by Gasteiger charge is -2.24. The second-order valence-electron chi connectivity index (χ2n) is 8.13. The number of unbranched alkanes of at least 4 members (excludes halogenated alkanes) is 1. The minimum absolute atomic E-state index is 0.0698. The van der Waals surface area contributed by atoms with Gasteiger partial charge in [-0.05, 0) is 54.4 Å². The van der Waals surface area contributed by atoms with Crippen LogP contribution in [0.25, 0.3) is 0 Å². The van der Waals surface area contributed by atoms with Crippen LogP contribution in [-0.4, -0.2) is 5.11 Å². The van der Waals surface area contributed by atoms with E-state index in [-0.39, 0.29) is 5.41 Å². The van der Waals surface area contributed by atoms with Gasteiger partial charge in [-0.3, -0.25) is 0 Å². The van der Waals surface area contributed by atoms with Crippen molar-refractivity contribution in [3.63, 3.8) is 0 Å². The van der Waals surface area contributed by atoms with Gasteiger partial charge < -0.3 is 10.4 Å². The summed E-state index contributed by atoms with van der Waals surface area (Å²) >= 11 is 0. The summed E-state index contributed by atoms with van der Waals surface area (Å²) in [5, 5.41) is 14.4. The lowest BCUT2D eigenvalue weighted by atomic mass is 9.83. The number of benzene rings is 2. The van der Waals surface area contributed by atoms with Crippen LogP contribution in [0, 0.1) is 13.8 Å². The van der Waals surface area contributed by atoms with Crippen LogP contribution in [0.4, 0.5) is 5.69 Å². The second kappa shape index (κ2) is 7.95. The highest BCUT2D eigenvalue weighted by molar-refractivity contribution is 5.58. The van der Waals surface area contributed by atoms with Crippen molar-refractivity contribution in [2.45, 2.75) is 72.8 Å². The maximum absolute atomic E-state index is 10.9. The quantitative estimate of drug-likeness (QED) is 0.651. The van der Waals surface area contributed by atoms with Gasteiger partial charge in [-0.15, -0.1) is 0 Å². The first-order valence-corrected chi connectivity index (χ1v) is 9.39. The minimum Gasteiger partial charge on any atom is -0.507 e. The Labute approximate surface area is 153 Å². The topological polar surface area (TPSA) is 32.3 Å². The van der Waals surface area contributed by atoms with Crippen LogP contribution in [0.3, 0.4) is 0 Å². The highest BCUT2D eigenvalue weighted by Crippen LogP contribution is 2.35. The predicted octanol–water partition coefficient (Wildman–Crippen LogP) is 6.26. The predicted molar refractivity (Wildman–Crippen MR) is 109 cm³/mol. The van der Waals surface area contributed by atoms with Crippen LogP contribution in [0.1, 0.15) is 68.4 Å². The maximum atomic E-state index is 10.9. The van der Waals surface area contributed by atoms with E-state index in [0.717, 1.165) is 23.2 Å². The van der Waals surface area contributed by atoms with Crippen LogP contribution in [0.5, 0.6) is 5.75 Å². The smallest absolute Gasteiger partial charge is 0.124 e. The summed E-state index contributed by atoms with van der Waals surface area (Å²) in [7, 11) is 0. The Bertz CT molecular complexity index is 705. The van der Waals surface area contributed by atoms with Crippen molar-refractivity contribution in [2.75, 3.05) is 5.32 Å². The molecule has 2 rings (SSSR count). The number of phenolic OH excluding ortho intramolecular Hbond substituents is 1. The first-order valence-electron chi connectivity index (χ1n) is 9.39. The first-order chi connectivity index (χ1) is 11.7. The van der Waals surface area contributed by atoms with Gasteiger partial charge in [-0.25, -0.2) is 0 Å². The molecule has 0 fully saturated rings. The SMILES string of the molecule is CCCCc1cc(CNc2c(C)cccc2C)c(O)c(C(C)(C)C)c1. The number of aryl methyl sites for hydroxylation is 3. The average molecular weight is 340 g/mol. The van der Waals surface area contributed by atoms with Crippen LogP contribution < -0.4 is 5.32 Å². The summed E-state index contributed by atoms with van der Waals surface area (Å²) < 4.78 is 0. The molecular formula is C23H33NO. The average Bonchev–Trinajstić information content (AvgIpc) is 2.53. The van der Waals surface area contributed by atoms with Crippen molar-refractivity contribution in [3.8, 4) is 5.75 Å². The zero-order valence-electron chi connectivity index (χ0n) is 16.7. The third-order valence-corrected chi connectivity index (χ3v) is 4.81. The zero-order chi connectivity index (χ0) is 18.6.